The van der Waals surface area contributed by atoms with E-state index in [1.54, 1.807) is 42.5 Å². The van der Waals surface area contributed by atoms with Crippen molar-refractivity contribution in [1.29, 1.82) is 0 Å². The van der Waals surface area contributed by atoms with Gasteiger partial charge in [-0.2, -0.15) is 0 Å². The number of urea groups is 1. The lowest BCUT2D eigenvalue weighted by atomic mass is 10.1. The van der Waals surface area contributed by atoms with Gasteiger partial charge in [-0.1, -0.05) is 23.5 Å². The topological polar surface area (TPSA) is 91.4 Å². The molecule has 7 nitrogen and oxygen atoms in total. The highest BCUT2D eigenvalue weighted by Gasteiger charge is 2.38. The second kappa shape index (κ2) is 6.42. The van der Waals surface area contributed by atoms with E-state index < -0.39 is 0 Å². The summed E-state index contributed by atoms with van der Waals surface area (Å²) in [4.78, 5) is 42.9. The van der Waals surface area contributed by atoms with Gasteiger partial charge in [0.25, 0.3) is 11.8 Å². The van der Waals surface area contributed by atoms with Crippen LogP contribution in [0.3, 0.4) is 0 Å². The van der Waals surface area contributed by atoms with Crippen molar-refractivity contribution in [2.75, 3.05) is 10.2 Å². The number of carbonyl (C=O) groups excluding carboxylic acids is 3. The Hall–Kier alpha value is -3.26. The Bertz CT molecular complexity index is 1090. The van der Waals surface area contributed by atoms with Crippen LogP contribution < -0.4 is 15.5 Å². The molecule has 0 radical (unpaired) electrons. The van der Waals surface area contributed by atoms with E-state index in [1.165, 1.54) is 11.3 Å². The molecule has 4 rings (SSSR count). The highest BCUT2D eigenvalue weighted by Crippen LogP contribution is 2.35. The lowest BCUT2D eigenvalue weighted by Gasteiger charge is -2.20. The Balaban J connectivity index is 1.62. The third kappa shape index (κ3) is 3.22. The number of hydrogen-bond acceptors (Lipinski definition) is 5. The molecule has 1 aliphatic heterocycles. The first-order chi connectivity index (χ1) is 13.2. The third-order valence-corrected chi connectivity index (χ3v) is 5.11. The number of imide groups is 1. The van der Waals surface area contributed by atoms with Gasteiger partial charge in [0, 0.05) is 11.2 Å². The fraction of sp³-hybridized carbons (Fsp3) is 0.200. The molecule has 0 spiro atoms. The Labute approximate surface area is 165 Å². The molecule has 28 heavy (non-hydrogen) atoms. The van der Waals surface area contributed by atoms with E-state index in [2.05, 4.69) is 15.6 Å². The third-order valence-electron chi connectivity index (χ3n) is 4.11. The van der Waals surface area contributed by atoms with E-state index >= 15 is 0 Å². The number of benzene rings is 2. The number of nitrogens with one attached hydrogen (secondary N) is 2. The van der Waals surface area contributed by atoms with E-state index in [0.717, 1.165) is 9.60 Å². The Morgan fingerprint density at radius 3 is 2.29 bits per heavy atom. The smallest absolute Gasteiger partial charge is 0.319 e. The normalized spacial score (nSPS) is 13.8. The first kappa shape index (κ1) is 18.1. The van der Waals surface area contributed by atoms with Gasteiger partial charge in [-0.15, -0.1) is 0 Å². The largest absolute Gasteiger partial charge is 0.333 e. The Morgan fingerprint density at radius 1 is 1.04 bits per heavy atom. The highest BCUT2D eigenvalue weighted by atomic mass is 32.1. The van der Waals surface area contributed by atoms with Gasteiger partial charge >= 0.3 is 6.03 Å². The number of anilines is 2. The first-order valence-corrected chi connectivity index (χ1v) is 9.52. The summed E-state index contributed by atoms with van der Waals surface area (Å²) in [6, 6.07) is 11.7. The SMILES string of the molecule is CC(C)(C)NC(=O)Nc1ccc2nc(N3C(=O)c4ccccc4C3=O)sc2c1. The fourth-order valence-electron chi connectivity index (χ4n) is 2.95. The molecular formula is C20H18N4O3S. The number of aromatic nitrogens is 1. The molecule has 2 N–H and O–H groups in total. The van der Waals surface area contributed by atoms with Crippen LogP contribution in [0.2, 0.25) is 0 Å². The van der Waals surface area contributed by atoms with Gasteiger partial charge in [0.2, 0.25) is 5.13 Å². The maximum atomic E-state index is 12.6. The number of rotatable bonds is 2. The molecule has 8 heteroatoms. The first-order valence-electron chi connectivity index (χ1n) is 8.70. The molecule has 3 aromatic rings. The van der Waals surface area contributed by atoms with E-state index in [4.69, 9.17) is 0 Å². The van der Waals surface area contributed by atoms with Gasteiger partial charge in [0.1, 0.15) is 0 Å². The summed E-state index contributed by atoms with van der Waals surface area (Å²) in [7, 11) is 0. The molecule has 4 amide bonds. The molecule has 0 aliphatic carbocycles. The van der Waals surface area contributed by atoms with Crippen LogP contribution >= 0.6 is 11.3 Å². The summed E-state index contributed by atoms with van der Waals surface area (Å²) in [6.07, 6.45) is 0. The molecule has 2 aromatic carbocycles. The van der Waals surface area contributed by atoms with Crippen molar-refractivity contribution in [3.63, 3.8) is 0 Å². The lowest BCUT2D eigenvalue weighted by Crippen LogP contribution is -2.43. The minimum absolute atomic E-state index is 0.308. The van der Waals surface area contributed by atoms with Gasteiger partial charge in [0.15, 0.2) is 0 Å². The minimum atomic E-state index is -0.373. The zero-order chi connectivity index (χ0) is 20.1. The number of amides is 4. The van der Waals surface area contributed by atoms with Gasteiger partial charge < -0.3 is 10.6 Å². The number of carbonyl (C=O) groups is 3. The minimum Gasteiger partial charge on any atom is -0.333 e. The van der Waals surface area contributed by atoms with Gasteiger partial charge in [0.05, 0.1) is 21.3 Å². The van der Waals surface area contributed by atoms with Crippen molar-refractivity contribution in [2.24, 2.45) is 0 Å². The second-order valence-corrected chi connectivity index (χ2v) is 8.51. The highest BCUT2D eigenvalue weighted by molar-refractivity contribution is 7.22. The molecule has 1 aliphatic rings. The average molecular weight is 394 g/mol. The van der Waals surface area contributed by atoms with Crippen molar-refractivity contribution in [3.05, 3.63) is 53.6 Å². The number of fused-ring (bicyclic) bond motifs is 2. The van der Waals surface area contributed by atoms with Crippen LogP contribution in [0.15, 0.2) is 42.5 Å². The molecule has 0 fully saturated rings. The summed E-state index contributed by atoms with van der Waals surface area (Å²) in [5.74, 6) is -0.745. The van der Waals surface area contributed by atoms with Crippen molar-refractivity contribution in [1.82, 2.24) is 10.3 Å². The van der Waals surface area contributed by atoms with E-state index in [0.29, 0.717) is 27.5 Å². The van der Waals surface area contributed by atoms with Gasteiger partial charge in [-0.05, 0) is 51.1 Å². The summed E-state index contributed by atoms with van der Waals surface area (Å²) < 4.78 is 0.764. The summed E-state index contributed by atoms with van der Waals surface area (Å²) in [5.41, 5.74) is 1.67. The molecule has 2 heterocycles. The van der Waals surface area contributed by atoms with E-state index in [1.807, 2.05) is 20.8 Å². The summed E-state index contributed by atoms with van der Waals surface area (Å²) >= 11 is 1.23. The zero-order valence-corrected chi connectivity index (χ0v) is 16.4. The fourth-order valence-corrected chi connectivity index (χ4v) is 3.95. The maximum absolute atomic E-state index is 12.6. The number of nitrogens with zero attached hydrogens (tertiary/aromatic N) is 2. The van der Waals surface area contributed by atoms with E-state index in [-0.39, 0.29) is 23.4 Å². The van der Waals surface area contributed by atoms with Crippen LogP contribution in [-0.4, -0.2) is 28.4 Å². The number of hydrogen-bond donors (Lipinski definition) is 2. The molecule has 0 saturated carbocycles. The van der Waals surface area contributed by atoms with Crippen LogP contribution in [0.4, 0.5) is 15.6 Å². The maximum Gasteiger partial charge on any atom is 0.319 e. The molecule has 0 bridgehead atoms. The van der Waals surface area contributed by atoms with Crippen molar-refractivity contribution >= 4 is 50.2 Å². The molecule has 0 unspecified atom stereocenters. The van der Waals surface area contributed by atoms with Crippen LogP contribution in [0.1, 0.15) is 41.5 Å². The monoisotopic (exact) mass is 394 g/mol. The standard InChI is InChI=1S/C20H18N4O3S/c1-20(2,3)23-18(27)21-11-8-9-14-15(10-11)28-19(22-14)24-16(25)12-6-4-5-7-13(12)17(24)26/h4-10H,1-3H3,(H2,21,23,27). The Morgan fingerprint density at radius 2 is 1.68 bits per heavy atom. The summed E-state index contributed by atoms with van der Waals surface area (Å²) in [5, 5.41) is 5.93. The molecule has 0 saturated heterocycles. The molecule has 142 valence electrons. The lowest BCUT2D eigenvalue weighted by molar-refractivity contribution is 0.0926. The average Bonchev–Trinajstić information content (AvgIpc) is 3.12. The predicted octanol–water partition coefficient (Wildman–Crippen LogP) is 4.02. The van der Waals surface area contributed by atoms with Gasteiger partial charge in [-0.3, -0.25) is 9.59 Å². The van der Waals surface area contributed by atoms with Crippen LogP contribution in [0.25, 0.3) is 10.2 Å². The van der Waals surface area contributed by atoms with Crippen molar-refractivity contribution < 1.29 is 14.4 Å². The zero-order valence-electron chi connectivity index (χ0n) is 15.6. The second-order valence-electron chi connectivity index (χ2n) is 7.50. The van der Waals surface area contributed by atoms with Crippen LogP contribution in [-0.2, 0) is 0 Å². The quantitative estimate of drug-likeness (QED) is 0.642. The summed E-state index contributed by atoms with van der Waals surface area (Å²) in [6.45, 7) is 5.69. The molecular weight excluding hydrogens is 376 g/mol. The Kier molecular flexibility index (Phi) is 4.15. The molecule has 1 aromatic heterocycles. The van der Waals surface area contributed by atoms with E-state index in [9.17, 15) is 14.4 Å². The predicted molar refractivity (Wildman–Crippen MR) is 109 cm³/mol. The van der Waals surface area contributed by atoms with Crippen molar-refractivity contribution in [3.8, 4) is 0 Å². The van der Waals surface area contributed by atoms with Crippen molar-refractivity contribution in [2.45, 2.75) is 26.3 Å². The van der Waals surface area contributed by atoms with Crippen LogP contribution in [0.5, 0.6) is 0 Å². The van der Waals surface area contributed by atoms with Crippen LogP contribution in [0, 0.1) is 0 Å². The number of thiazole rings is 1. The molecule has 0 atom stereocenters. The van der Waals surface area contributed by atoms with Gasteiger partial charge in [-0.25, -0.2) is 14.7 Å².